The van der Waals surface area contributed by atoms with Gasteiger partial charge in [-0.3, -0.25) is 9.69 Å². The molecule has 25 heavy (non-hydrogen) atoms. The van der Waals surface area contributed by atoms with E-state index in [-0.39, 0.29) is 5.91 Å². The van der Waals surface area contributed by atoms with Crippen LogP contribution in [0.2, 0.25) is 0 Å². The Labute approximate surface area is 153 Å². The van der Waals surface area contributed by atoms with Crippen molar-refractivity contribution >= 4 is 17.2 Å². The Bertz CT molecular complexity index is 765. The summed E-state index contributed by atoms with van der Waals surface area (Å²) in [6.45, 7) is 7.30. The van der Waals surface area contributed by atoms with Crippen molar-refractivity contribution in [2.45, 2.75) is 32.9 Å². The number of amides is 1. The summed E-state index contributed by atoms with van der Waals surface area (Å²) < 4.78 is 5.93. The van der Waals surface area contributed by atoms with Crippen LogP contribution in [0, 0.1) is 6.92 Å². The Morgan fingerprint density at radius 3 is 2.80 bits per heavy atom. The van der Waals surface area contributed by atoms with Gasteiger partial charge < -0.3 is 9.64 Å². The predicted molar refractivity (Wildman–Crippen MR) is 100 cm³/mol. The van der Waals surface area contributed by atoms with Crippen LogP contribution in [-0.2, 0) is 13.1 Å². The van der Waals surface area contributed by atoms with Crippen molar-refractivity contribution in [3.05, 3.63) is 51.2 Å². The van der Waals surface area contributed by atoms with Gasteiger partial charge in [0.1, 0.15) is 12.4 Å². The van der Waals surface area contributed by atoms with Crippen molar-refractivity contribution in [3.63, 3.8) is 0 Å². The average molecular weight is 356 g/mol. The van der Waals surface area contributed by atoms with E-state index in [4.69, 9.17) is 4.74 Å². The lowest BCUT2D eigenvalue weighted by Crippen LogP contribution is -2.28. The van der Waals surface area contributed by atoms with E-state index in [1.54, 1.807) is 0 Å². The van der Waals surface area contributed by atoms with Crippen LogP contribution in [0.5, 0.6) is 5.75 Å². The highest BCUT2D eigenvalue weighted by Gasteiger charge is 2.22. The van der Waals surface area contributed by atoms with Crippen molar-refractivity contribution < 1.29 is 9.53 Å². The van der Waals surface area contributed by atoms with E-state index in [0.29, 0.717) is 6.61 Å². The molecule has 1 aromatic heterocycles. The first-order valence-electron chi connectivity index (χ1n) is 9.01. The molecule has 0 atom stereocenters. The van der Waals surface area contributed by atoms with Crippen LogP contribution in [0.3, 0.4) is 0 Å². The minimum Gasteiger partial charge on any atom is -0.492 e. The molecule has 0 saturated carbocycles. The highest BCUT2D eigenvalue weighted by atomic mass is 32.1. The van der Waals surface area contributed by atoms with Gasteiger partial charge in [0.2, 0.25) is 0 Å². The Kier molecular flexibility index (Phi) is 4.77. The molecule has 0 aliphatic carbocycles. The molecule has 2 aromatic rings. The van der Waals surface area contributed by atoms with E-state index >= 15 is 0 Å². The van der Waals surface area contributed by atoms with Gasteiger partial charge in [-0.2, -0.15) is 0 Å². The Morgan fingerprint density at radius 2 is 2.04 bits per heavy atom. The molecule has 0 unspecified atom stereocenters. The summed E-state index contributed by atoms with van der Waals surface area (Å²) >= 11 is 1.81. The second-order valence-electron chi connectivity index (χ2n) is 6.91. The van der Waals surface area contributed by atoms with Crippen molar-refractivity contribution in [2.24, 2.45) is 0 Å². The lowest BCUT2D eigenvalue weighted by atomic mass is 10.1. The Morgan fingerprint density at radius 1 is 1.20 bits per heavy atom. The van der Waals surface area contributed by atoms with Crippen molar-refractivity contribution in [3.8, 4) is 5.75 Å². The van der Waals surface area contributed by atoms with E-state index in [1.807, 2.05) is 34.4 Å². The summed E-state index contributed by atoms with van der Waals surface area (Å²) in [6, 6.07) is 8.10. The minimum absolute atomic E-state index is 0.158. The summed E-state index contributed by atoms with van der Waals surface area (Å²) in [6.07, 6.45) is 2.24. The fourth-order valence-corrected chi connectivity index (χ4v) is 4.54. The molecule has 2 aliphatic heterocycles. The molecule has 132 valence electrons. The first-order chi connectivity index (χ1) is 12.2. The van der Waals surface area contributed by atoms with Crippen LogP contribution in [-0.4, -0.2) is 41.9 Å². The molecule has 5 heteroatoms. The number of benzene rings is 1. The molecule has 1 amide bonds. The van der Waals surface area contributed by atoms with Gasteiger partial charge >= 0.3 is 0 Å². The first kappa shape index (κ1) is 16.6. The number of fused-ring (bicyclic) bond motifs is 1. The summed E-state index contributed by atoms with van der Waals surface area (Å²) in [5.41, 5.74) is 3.27. The van der Waals surface area contributed by atoms with Gasteiger partial charge in [-0.1, -0.05) is 0 Å². The lowest BCUT2D eigenvalue weighted by Gasteiger charge is -2.20. The van der Waals surface area contributed by atoms with Crippen molar-refractivity contribution in [1.82, 2.24) is 9.80 Å². The van der Waals surface area contributed by atoms with Crippen LogP contribution in [0.4, 0.5) is 0 Å². The summed E-state index contributed by atoms with van der Waals surface area (Å²) in [7, 11) is 0. The third kappa shape index (κ3) is 3.58. The molecule has 4 nitrogen and oxygen atoms in total. The lowest BCUT2D eigenvalue weighted by molar-refractivity contribution is 0.0792. The third-order valence-electron chi connectivity index (χ3n) is 5.10. The van der Waals surface area contributed by atoms with Gasteiger partial charge in [0.15, 0.2) is 0 Å². The SMILES string of the molecule is Cc1ccsc1CN1CCOc2ccc(C(=O)N3CCCC3)cc2C1. The summed E-state index contributed by atoms with van der Waals surface area (Å²) in [5.74, 6) is 1.08. The van der Waals surface area contributed by atoms with Gasteiger partial charge in [0.25, 0.3) is 5.91 Å². The topological polar surface area (TPSA) is 32.8 Å². The highest BCUT2D eigenvalue weighted by Crippen LogP contribution is 2.27. The molecule has 1 aromatic carbocycles. The number of nitrogens with zero attached hydrogens (tertiary/aromatic N) is 2. The number of carbonyl (C=O) groups is 1. The van der Waals surface area contributed by atoms with Gasteiger partial charge in [-0.05, 0) is 55.0 Å². The third-order valence-corrected chi connectivity index (χ3v) is 6.10. The zero-order valence-electron chi connectivity index (χ0n) is 14.7. The number of aryl methyl sites for hydroxylation is 1. The number of ether oxygens (including phenoxy) is 1. The average Bonchev–Trinajstić information content (AvgIpc) is 3.23. The summed E-state index contributed by atoms with van der Waals surface area (Å²) in [5, 5.41) is 2.15. The number of likely N-dealkylation sites (tertiary alicyclic amines) is 1. The molecular weight excluding hydrogens is 332 g/mol. The maximum absolute atomic E-state index is 12.7. The largest absolute Gasteiger partial charge is 0.492 e. The second-order valence-corrected chi connectivity index (χ2v) is 7.91. The van der Waals surface area contributed by atoms with Gasteiger partial charge in [0.05, 0.1) is 0 Å². The highest BCUT2D eigenvalue weighted by molar-refractivity contribution is 7.10. The number of carbonyl (C=O) groups excluding carboxylic acids is 1. The fraction of sp³-hybridized carbons (Fsp3) is 0.450. The molecule has 0 bridgehead atoms. The maximum Gasteiger partial charge on any atom is 0.253 e. The Hall–Kier alpha value is -1.85. The summed E-state index contributed by atoms with van der Waals surface area (Å²) in [4.78, 5) is 18.5. The molecule has 0 radical (unpaired) electrons. The quantitative estimate of drug-likeness (QED) is 0.841. The number of rotatable bonds is 3. The maximum atomic E-state index is 12.7. The normalized spacial score (nSPS) is 17.9. The molecule has 2 aliphatic rings. The number of hydrogen-bond acceptors (Lipinski definition) is 4. The van der Waals surface area contributed by atoms with E-state index in [2.05, 4.69) is 23.3 Å². The van der Waals surface area contributed by atoms with E-state index in [9.17, 15) is 4.79 Å². The van der Waals surface area contributed by atoms with Crippen LogP contribution in [0.1, 0.15) is 39.2 Å². The van der Waals surface area contributed by atoms with E-state index < -0.39 is 0 Å². The second kappa shape index (κ2) is 7.18. The fourth-order valence-electron chi connectivity index (χ4n) is 3.59. The molecule has 3 heterocycles. The van der Waals surface area contributed by atoms with Gasteiger partial charge in [-0.15, -0.1) is 11.3 Å². The zero-order chi connectivity index (χ0) is 17.2. The van der Waals surface area contributed by atoms with Crippen LogP contribution >= 0.6 is 11.3 Å². The molecule has 4 rings (SSSR count). The first-order valence-corrected chi connectivity index (χ1v) is 9.89. The predicted octanol–water partition coefficient (Wildman–Crippen LogP) is 3.69. The van der Waals surface area contributed by atoms with Crippen molar-refractivity contribution in [2.75, 3.05) is 26.2 Å². The number of thiophene rings is 1. The van der Waals surface area contributed by atoms with E-state index in [0.717, 1.165) is 62.4 Å². The monoisotopic (exact) mass is 356 g/mol. The standard InChI is InChI=1S/C20H24N2O2S/c1-15-6-11-25-19(15)14-21-9-10-24-18-5-4-16(12-17(18)13-21)20(23)22-7-2-3-8-22/h4-6,11-12H,2-3,7-10,13-14H2,1H3. The Balaban J connectivity index is 1.53. The van der Waals surface area contributed by atoms with Crippen LogP contribution in [0.15, 0.2) is 29.6 Å². The number of hydrogen-bond donors (Lipinski definition) is 0. The molecular formula is C20H24N2O2S. The smallest absolute Gasteiger partial charge is 0.253 e. The van der Waals surface area contributed by atoms with Crippen LogP contribution < -0.4 is 4.74 Å². The van der Waals surface area contributed by atoms with Gasteiger partial charge in [-0.25, -0.2) is 0 Å². The van der Waals surface area contributed by atoms with Crippen molar-refractivity contribution in [1.29, 1.82) is 0 Å². The van der Waals surface area contributed by atoms with Gasteiger partial charge in [0, 0.05) is 48.7 Å². The van der Waals surface area contributed by atoms with Crippen LogP contribution in [0.25, 0.3) is 0 Å². The molecule has 0 spiro atoms. The zero-order valence-corrected chi connectivity index (χ0v) is 15.5. The van der Waals surface area contributed by atoms with E-state index in [1.165, 1.54) is 10.4 Å². The molecule has 1 saturated heterocycles. The minimum atomic E-state index is 0.158. The molecule has 0 N–H and O–H groups in total. The molecule has 1 fully saturated rings.